The van der Waals surface area contributed by atoms with Gasteiger partial charge < -0.3 is 9.52 Å². The molecule has 1 saturated heterocycles. The zero-order valence-corrected chi connectivity index (χ0v) is 13.0. The number of nitrogens with zero attached hydrogens (tertiary/aromatic N) is 2. The van der Waals surface area contributed by atoms with Gasteiger partial charge in [0.05, 0.1) is 17.7 Å². The van der Waals surface area contributed by atoms with E-state index in [1.165, 1.54) is 6.07 Å². The van der Waals surface area contributed by atoms with E-state index in [9.17, 15) is 18.3 Å². The average molecular weight is 328 g/mol. The summed E-state index contributed by atoms with van der Waals surface area (Å²) in [6.45, 7) is 4.71. The number of aromatic nitrogens is 1. The lowest BCUT2D eigenvalue weighted by atomic mass is 9.97. The average Bonchev–Trinajstić information content (AvgIpc) is 3.02. The predicted molar refractivity (Wildman–Crippen MR) is 78.7 cm³/mol. The van der Waals surface area contributed by atoms with Crippen LogP contribution in [0.4, 0.5) is 13.2 Å². The van der Waals surface area contributed by atoms with Gasteiger partial charge in [0.1, 0.15) is 5.52 Å². The van der Waals surface area contributed by atoms with E-state index in [-0.39, 0.29) is 11.6 Å². The first-order valence-corrected chi connectivity index (χ1v) is 7.58. The van der Waals surface area contributed by atoms with Crippen LogP contribution in [0, 0.1) is 0 Å². The highest BCUT2D eigenvalue weighted by atomic mass is 19.4. The van der Waals surface area contributed by atoms with Crippen LogP contribution in [0.5, 0.6) is 0 Å². The number of aliphatic hydroxyl groups is 1. The molecule has 1 unspecified atom stereocenters. The Labute approximate surface area is 131 Å². The highest BCUT2D eigenvalue weighted by Gasteiger charge is 2.36. The molecule has 0 amide bonds. The van der Waals surface area contributed by atoms with Crippen LogP contribution in [0.15, 0.2) is 22.6 Å². The summed E-state index contributed by atoms with van der Waals surface area (Å²) in [6, 6.07) is 3.28. The Kier molecular flexibility index (Phi) is 3.88. The minimum absolute atomic E-state index is 0.0109. The molecule has 7 heteroatoms. The number of likely N-dealkylation sites (tertiary alicyclic amines) is 1. The molecule has 1 aromatic heterocycles. The summed E-state index contributed by atoms with van der Waals surface area (Å²) in [5, 5.41) is 10.2. The largest absolute Gasteiger partial charge is 0.439 e. The van der Waals surface area contributed by atoms with Crippen molar-refractivity contribution in [3.63, 3.8) is 0 Å². The second kappa shape index (κ2) is 5.49. The number of hydrogen-bond acceptors (Lipinski definition) is 4. The van der Waals surface area contributed by atoms with Crippen LogP contribution in [0.3, 0.4) is 0 Å². The van der Waals surface area contributed by atoms with E-state index in [4.69, 9.17) is 4.42 Å². The summed E-state index contributed by atoms with van der Waals surface area (Å²) in [5.74, 6) is 0.371. The van der Waals surface area contributed by atoms with E-state index in [0.717, 1.165) is 31.5 Å². The lowest BCUT2D eigenvalue weighted by Gasteiger charge is -2.32. The number of rotatable bonds is 3. The minimum Gasteiger partial charge on any atom is -0.439 e. The first-order chi connectivity index (χ1) is 10.6. The predicted octanol–water partition coefficient (Wildman–Crippen LogP) is 3.58. The summed E-state index contributed by atoms with van der Waals surface area (Å²) in [7, 11) is 0. The van der Waals surface area contributed by atoms with E-state index in [0.29, 0.717) is 18.0 Å². The van der Waals surface area contributed by atoms with Crippen molar-refractivity contribution in [1.82, 2.24) is 9.88 Å². The fourth-order valence-electron chi connectivity index (χ4n) is 3.21. The Morgan fingerprint density at radius 3 is 2.74 bits per heavy atom. The van der Waals surface area contributed by atoms with Gasteiger partial charge in [0.2, 0.25) is 5.89 Å². The van der Waals surface area contributed by atoms with Gasteiger partial charge in [0, 0.05) is 6.04 Å². The van der Waals surface area contributed by atoms with Crippen molar-refractivity contribution in [2.75, 3.05) is 6.54 Å². The maximum atomic E-state index is 12.7. The van der Waals surface area contributed by atoms with Gasteiger partial charge in [-0.25, -0.2) is 4.98 Å². The third kappa shape index (κ3) is 3.35. The molecule has 1 atom stereocenters. The summed E-state index contributed by atoms with van der Waals surface area (Å²) in [6.07, 6.45) is -2.55. The molecule has 0 spiro atoms. The SMILES string of the molecule is CC(C)(O)C1CCCN1Cc1nc2cc(C(F)(F)F)ccc2o1. The number of alkyl halides is 3. The third-order valence-electron chi connectivity index (χ3n) is 4.28. The van der Waals surface area contributed by atoms with Crippen LogP contribution >= 0.6 is 0 Å². The molecule has 1 aliphatic rings. The molecule has 126 valence electrons. The van der Waals surface area contributed by atoms with Gasteiger partial charge in [-0.3, -0.25) is 4.90 Å². The van der Waals surface area contributed by atoms with E-state index in [1.807, 2.05) is 0 Å². The molecule has 0 aliphatic carbocycles. The van der Waals surface area contributed by atoms with Gasteiger partial charge >= 0.3 is 6.18 Å². The fourth-order valence-corrected chi connectivity index (χ4v) is 3.21. The quantitative estimate of drug-likeness (QED) is 0.935. The molecule has 2 heterocycles. The van der Waals surface area contributed by atoms with Crippen molar-refractivity contribution in [3.05, 3.63) is 29.7 Å². The molecular formula is C16H19F3N2O2. The second-order valence-corrected chi connectivity index (χ2v) is 6.57. The van der Waals surface area contributed by atoms with Crippen molar-refractivity contribution in [3.8, 4) is 0 Å². The second-order valence-electron chi connectivity index (χ2n) is 6.57. The summed E-state index contributed by atoms with van der Waals surface area (Å²) in [4.78, 5) is 6.24. The summed E-state index contributed by atoms with van der Waals surface area (Å²) in [5.41, 5.74) is -1.03. The maximum Gasteiger partial charge on any atom is 0.416 e. The normalized spacial score (nSPS) is 20.5. The smallest absolute Gasteiger partial charge is 0.416 e. The van der Waals surface area contributed by atoms with Crippen molar-refractivity contribution in [2.45, 2.75) is 51.1 Å². The highest BCUT2D eigenvalue weighted by molar-refractivity contribution is 5.73. The number of benzene rings is 1. The van der Waals surface area contributed by atoms with Crippen LogP contribution in [-0.2, 0) is 12.7 Å². The Balaban J connectivity index is 1.84. The number of halogens is 3. The number of fused-ring (bicyclic) bond motifs is 1. The van der Waals surface area contributed by atoms with Crippen molar-refractivity contribution < 1.29 is 22.7 Å². The molecule has 0 bridgehead atoms. The van der Waals surface area contributed by atoms with E-state index >= 15 is 0 Å². The maximum absolute atomic E-state index is 12.7. The monoisotopic (exact) mass is 328 g/mol. The lowest BCUT2D eigenvalue weighted by molar-refractivity contribution is -0.137. The van der Waals surface area contributed by atoms with Gasteiger partial charge in [0.15, 0.2) is 5.58 Å². The number of oxazole rings is 1. The minimum atomic E-state index is -4.39. The number of hydrogen-bond donors (Lipinski definition) is 1. The van der Waals surface area contributed by atoms with Crippen LogP contribution in [0.2, 0.25) is 0 Å². The molecule has 0 radical (unpaired) electrons. The molecule has 3 rings (SSSR count). The van der Waals surface area contributed by atoms with Gasteiger partial charge in [0.25, 0.3) is 0 Å². The molecule has 1 N–H and O–H groups in total. The Morgan fingerprint density at radius 2 is 2.09 bits per heavy atom. The zero-order chi connectivity index (χ0) is 16.8. The van der Waals surface area contributed by atoms with E-state index < -0.39 is 17.3 Å². The van der Waals surface area contributed by atoms with Gasteiger partial charge in [-0.05, 0) is 51.4 Å². The topological polar surface area (TPSA) is 49.5 Å². The molecule has 1 aromatic carbocycles. The Morgan fingerprint density at radius 1 is 1.35 bits per heavy atom. The van der Waals surface area contributed by atoms with Crippen LogP contribution in [0.25, 0.3) is 11.1 Å². The van der Waals surface area contributed by atoms with E-state index in [1.54, 1.807) is 13.8 Å². The standard InChI is InChI=1S/C16H19F3N2O2/c1-15(2,22)13-4-3-7-21(13)9-14-20-11-8-10(16(17,18)19)5-6-12(11)23-14/h5-6,8,13,22H,3-4,7,9H2,1-2H3. The molecule has 23 heavy (non-hydrogen) atoms. The van der Waals surface area contributed by atoms with Crippen molar-refractivity contribution >= 4 is 11.1 Å². The van der Waals surface area contributed by atoms with Crippen LogP contribution in [-0.4, -0.2) is 33.2 Å². The van der Waals surface area contributed by atoms with Gasteiger partial charge in [-0.2, -0.15) is 13.2 Å². The summed E-state index contributed by atoms with van der Waals surface area (Å²) >= 11 is 0. The molecular weight excluding hydrogens is 309 g/mol. The molecule has 2 aromatic rings. The third-order valence-corrected chi connectivity index (χ3v) is 4.28. The van der Waals surface area contributed by atoms with Crippen molar-refractivity contribution in [1.29, 1.82) is 0 Å². The molecule has 1 fully saturated rings. The fraction of sp³-hybridized carbons (Fsp3) is 0.562. The van der Waals surface area contributed by atoms with Crippen LogP contribution in [0.1, 0.15) is 38.1 Å². The zero-order valence-electron chi connectivity index (χ0n) is 13.0. The molecule has 4 nitrogen and oxygen atoms in total. The molecule has 0 saturated carbocycles. The van der Waals surface area contributed by atoms with Crippen molar-refractivity contribution in [2.24, 2.45) is 0 Å². The van der Waals surface area contributed by atoms with Crippen LogP contribution < -0.4 is 0 Å². The van der Waals surface area contributed by atoms with E-state index in [2.05, 4.69) is 9.88 Å². The molecule has 1 aliphatic heterocycles. The Hall–Kier alpha value is -1.60. The highest BCUT2D eigenvalue weighted by Crippen LogP contribution is 2.32. The summed E-state index contributed by atoms with van der Waals surface area (Å²) < 4.78 is 43.8. The van der Waals surface area contributed by atoms with Gasteiger partial charge in [-0.15, -0.1) is 0 Å². The Bertz CT molecular complexity index is 703. The first-order valence-electron chi connectivity index (χ1n) is 7.58. The van der Waals surface area contributed by atoms with Gasteiger partial charge in [-0.1, -0.05) is 0 Å². The lowest BCUT2D eigenvalue weighted by Crippen LogP contribution is -2.45. The first kappa shape index (κ1) is 16.3.